The summed E-state index contributed by atoms with van der Waals surface area (Å²) in [5, 5.41) is 10.4. The Hall–Kier alpha value is -3.58. The number of nitrogens with zero attached hydrogens (tertiary/aromatic N) is 3. The van der Waals surface area contributed by atoms with E-state index in [0.29, 0.717) is 15.6 Å². The SMILES string of the molecule is COC(=O)O/C(=C(/C#N)c1coc(-c2c(F)cccc2F)n1)c1sc(C)nc1C. The third-order valence-electron chi connectivity index (χ3n) is 3.74. The monoisotopic (exact) mass is 417 g/mol. The average Bonchev–Trinajstić information content (AvgIpc) is 3.27. The maximum atomic E-state index is 14.0. The normalized spacial score (nSPS) is 11.6. The number of methoxy groups -OCH3 is 1. The molecule has 2 heterocycles. The Balaban J connectivity index is 2.18. The maximum Gasteiger partial charge on any atom is 0.513 e. The minimum atomic E-state index is -1.05. The second-order valence-electron chi connectivity index (χ2n) is 5.65. The number of hydrogen-bond acceptors (Lipinski definition) is 8. The molecule has 0 amide bonds. The fourth-order valence-electron chi connectivity index (χ4n) is 2.51. The third-order valence-corrected chi connectivity index (χ3v) is 4.81. The number of oxazole rings is 1. The molecule has 1 aromatic carbocycles. The van der Waals surface area contributed by atoms with Gasteiger partial charge in [0, 0.05) is 0 Å². The van der Waals surface area contributed by atoms with Crippen molar-refractivity contribution in [1.29, 1.82) is 5.26 Å². The lowest BCUT2D eigenvalue weighted by Crippen LogP contribution is -2.05. The molecule has 0 bridgehead atoms. The Kier molecular flexibility index (Phi) is 5.70. The molecule has 3 aromatic rings. The van der Waals surface area contributed by atoms with E-state index >= 15 is 0 Å². The first-order valence-electron chi connectivity index (χ1n) is 8.10. The predicted molar refractivity (Wildman–Crippen MR) is 99.4 cm³/mol. The van der Waals surface area contributed by atoms with Crippen molar-refractivity contribution >= 4 is 28.8 Å². The first-order valence-corrected chi connectivity index (χ1v) is 8.92. The van der Waals surface area contributed by atoms with Crippen molar-refractivity contribution < 1.29 is 27.5 Å². The molecule has 3 rings (SSSR count). The highest BCUT2D eigenvalue weighted by molar-refractivity contribution is 7.12. The van der Waals surface area contributed by atoms with Gasteiger partial charge in [0.1, 0.15) is 40.8 Å². The summed E-state index contributed by atoms with van der Waals surface area (Å²) in [6.45, 7) is 3.43. The van der Waals surface area contributed by atoms with Gasteiger partial charge in [-0.25, -0.2) is 23.5 Å². The second-order valence-corrected chi connectivity index (χ2v) is 6.86. The van der Waals surface area contributed by atoms with Gasteiger partial charge in [-0.05, 0) is 26.0 Å². The number of halogens is 2. The van der Waals surface area contributed by atoms with Gasteiger partial charge in [-0.15, -0.1) is 11.3 Å². The number of benzene rings is 1. The zero-order valence-corrected chi connectivity index (χ0v) is 16.3. The van der Waals surface area contributed by atoms with Crippen molar-refractivity contribution in [3.8, 4) is 17.5 Å². The standard InChI is InChI=1S/C19H13F2N3O4S/c1-9-17(29-10(2)23-9)16(28-19(25)26-3)11(7-22)14-8-27-18(24-14)15-12(20)5-4-6-13(15)21/h4-6,8H,1-3H3/b16-11-. The van der Waals surface area contributed by atoms with Crippen LogP contribution in [0.4, 0.5) is 13.6 Å². The van der Waals surface area contributed by atoms with Crippen molar-refractivity contribution in [2.45, 2.75) is 13.8 Å². The summed E-state index contributed by atoms with van der Waals surface area (Å²) in [6.07, 6.45) is -0.00837. The Labute approximate surface area is 167 Å². The van der Waals surface area contributed by atoms with E-state index in [0.717, 1.165) is 25.5 Å². The van der Waals surface area contributed by atoms with Crippen LogP contribution < -0.4 is 0 Å². The highest BCUT2D eigenvalue weighted by atomic mass is 32.1. The van der Waals surface area contributed by atoms with Crippen LogP contribution >= 0.6 is 11.3 Å². The van der Waals surface area contributed by atoms with E-state index in [4.69, 9.17) is 9.15 Å². The van der Waals surface area contributed by atoms with Gasteiger partial charge in [0.05, 0.1) is 22.7 Å². The molecule has 0 spiro atoms. The van der Waals surface area contributed by atoms with Gasteiger partial charge in [-0.1, -0.05) is 6.07 Å². The topological polar surface area (TPSA) is 98.2 Å². The quantitative estimate of drug-likeness (QED) is 0.339. The molecule has 0 aliphatic carbocycles. The van der Waals surface area contributed by atoms with E-state index in [9.17, 15) is 18.8 Å². The molecule has 0 atom stereocenters. The van der Waals surface area contributed by atoms with Gasteiger partial charge in [0.15, 0.2) is 5.76 Å². The van der Waals surface area contributed by atoms with E-state index < -0.39 is 23.4 Å². The fourth-order valence-corrected chi connectivity index (χ4v) is 3.42. The fraction of sp³-hybridized carbons (Fsp3) is 0.158. The molecule has 0 fully saturated rings. The first-order chi connectivity index (χ1) is 13.8. The van der Waals surface area contributed by atoms with Crippen molar-refractivity contribution in [2.24, 2.45) is 0 Å². The van der Waals surface area contributed by atoms with Crippen LogP contribution in [0.5, 0.6) is 0 Å². The Morgan fingerprint density at radius 3 is 2.48 bits per heavy atom. The largest absolute Gasteiger partial charge is 0.513 e. The van der Waals surface area contributed by atoms with Gasteiger partial charge in [-0.2, -0.15) is 5.26 Å². The summed E-state index contributed by atoms with van der Waals surface area (Å²) in [6, 6.07) is 5.21. The smallest absolute Gasteiger partial charge is 0.444 e. The third kappa shape index (κ3) is 4.00. The van der Waals surface area contributed by atoms with Crippen molar-refractivity contribution in [3.05, 3.63) is 57.4 Å². The van der Waals surface area contributed by atoms with Crippen LogP contribution in [0.1, 0.15) is 21.3 Å². The van der Waals surface area contributed by atoms with Gasteiger partial charge in [-0.3, -0.25) is 0 Å². The van der Waals surface area contributed by atoms with E-state index in [-0.39, 0.29) is 22.9 Å². The van der Waals surface area contributed by atoms with E-state index in [1.165, 1.54) is 17.4 Å². The predicted octanol–water partition coefficient (Wildman–Crippen LogP) is 4.87. The van der Waals surface area contributed by atoms with Crippen molar-refractivity contribution in [1.82, 2.24) is 9.97 Å². The second kappa shape index (κ2) is 8.20. The van der Waals surface area contributed by atoms with Crippen LogP contribution in [-0.2, 0) is 9.47 Å². The highest BCUT2D eigenvalue weighted by Gasteiger charge is 2.25. The van der Waals surface area contributed by atoms with Crippen molar-refractivity contribution in [3.63, 3.8) is 0 Å². The lowest BCUT2D eigenvalue weighted by molar-refractivity contribution is 0.112. The highest BCUT2D eigenvalue weighted by Crippen LogP contribution is 2.34. The molecule has 0 saturated carbocycles. The lowest BCUT2D eigenvalue weighted by Gasteiger charge is -2.08. The summed E-state index contributed by atoms with van der Waals surface area (Å²) < 4.78 is 42.9. The van der Waals surface area contributed by atoms with Crippen LogP contribution in [-0.4, -0.2) is 23.2 Å². The number of allylic oxidation sites excluding steroid dienone is 1. The lowest BCUT2D eigenvalue weighted by atomic mass is 10.1. The van der Waals surface area contributed by atoms with Crippen LogP contribution in [0.3, 0.4) is 0 Å². The Morgan fingerprint density at radius 1 is 1.24 bits per heavy atom. The van der Waals surface area contributed by atoms with Crippen LogP contribution in [0.2, 0.25) is 0 Å². The number of nitriles is 1. The number of carbonyl (C=O) groups is 1. The maximum absolute atomic E-state index is 14.0. The minimum Gasteiger partial charge on any atom is -0.444 e. The Bertz CT molecular complexity index is 1140. The molecular weight excluding hydrogens is 404 g/mol. The molecule has 29 heavy (non-hydrogen) atoms. The van der Waals surface area contributed by atoms with Crippen LogP contribution in [0.25, 0.3) is 22.8 Å². The number of carbonyl (C=O) groups excluding carboxylic acids is 1. The molecule has 10 heteroatoms. The molecule has 0 aliphatic rings. The molecular formula is C19H13F2N3O4S. The molecule has 148 valence electrons. The van der Waals surface area contributed by atoms with E-state index in [1.54, 1.807) is 13.8 Å². The van der Waals surface area contributed by atoms with Gasteiger partial charge in [0.2, 0.25) is 5.89 Å². The summed E-state index contributed by atoms with van der Waals surface area (Å²) in [5.74, 6) is -2.25. The zero-order chi connectivity index (χ0) is 21.1. The number of rotatable bonds is 4. The Morgan fingerprint density at radius 2 is 1.93 bits per heavy atom. The molecule has 7 nitrogen and oxygen atoms in total. The summed E-state index contributed by atoms with van der Waals surface area (Å²) in [5.41, 5.74) is -0.220. The molecule has 0 saturated heterocycles. The van der Waals surface area contributed by atoms with Crippen LogP contribution in [0.15, 0.2) is 28.9 Å². The summed E-state index contributed by atoms with van der Waals surface area (Å²) in [7, 11) is 1.12. The molecule has 0 radical (unpaired) electrons. The molecule has 0 unspecified atom stereocenters. The average molecular weight is 417 g/mol. The zero-order valence-electron chi connectivity index (χ0n) is 15.4. The minimum absolute atomic E-state index is 0.0745. The number of aromatic nitrogens is 2. The van der Waals surface area contributed by atoms with E-state index in [1.807, 2.05) is 6.07 Å². The number of hydrogen-bond donors (Lipinski definition) is 0. The van der Waals surface area contributed by atoms with Gasteiger partial charge in [0.25, 0.3) is 0 Å². The van der Waals surface area contributed by atoms with Crippen molar-refractivity contribution in [2.75, 3.05) is 7.11 Å². The number of aryl methyl sites for hydroxylation is 2. The van der Waals surface area contributed by atoms with Gasteiger partial charge >= 0.3 is 6.16 Å². The summed E-state index contributed by atoms with van der Waals surface area (Å²) >= 11 is 1.19. The molecule has 0 N–H and O–H groups in total. The van der Waals surface area contributed by atoms with E-state index in [2.05, 4.69) is 14.7 Å². The first kappa shape index (κ1) is 20.2. The van der Waals surface area contributed by atoms with Gasteiger partial charge < -0.3 is 13.9 Å². The molecule has 0 aliphatic heterocycles. The van der Waals surface area contributed by atoms with Crippen LogP contribution in [0, 0.1) is 36.8 Å². The number of ether oxygens (including phenoxy) is 2. The number of thiazole rings is 1. The molecule has 2 aromatic heterocycles. The summed E-state index contributed by atoms with van der Waals surface area (Å²) in [4.78, 5) is 20.4.